The molecule has 11 heteroatoms. The first-order valence-electron chi connectivity index (χ1n) is 8.36. The number of non-ortho nitro benzene ring substituents is 1. The summed E-state index contributed by atoms with van der Waals surface area (Å²) < 4.78 is 2.20. The number of nitrogens with zero attached hydrogens (tertiary/aromatic N) is 4. The van der Waals surface area contributed by atoms with Crippen molar-refractivity contribution in [1.29, 1.82) is 0 Å². The average Bonchev–Trinajstić information content (AvgIpc) is 2.73. The minimum atomic E-state index is -1.46. The van der Waals surface area contributed by atoms with E-state index in [4.69, 9.17) is 0 Å². The van der Waals surface area contributed by atoms with Gasteiger partial charge in [-0.3, -0.25) is 30.3 Å². The molecule has 0 amide bonds. The van der Waals surface area contributed by atoms with Crippen molar-refractivity contribution in [2.24, 2.45) is 0 Å². The van der Waals surface area contributed by atoms with Crippen molar-refractivity contribution >= 4 is 33.5 Å². The summed E-state index contributed by atoms with van der Waals surface area (Å²) in [6, 6.07) is 19.7. The third-order valence-electron chi connectivity index (χ3n) is 4.16. The molecule has 150 valence electrons. The molecule has 2 aromatic carbocycles. The van der Waals surface area contributed by atoms with Gasteiger partial charge in [-0.15, -0.1) is 0 Å². The van der Waals surface area contributed by atoms with E-state index < -0.39 is 37.6 Å². The van der Waals surface area contributed by atoms with E-state index in [9.17, 15) is 35.4 Å². The molecule has 0 atom stereocenters. The normalized spacial score (nSPS) is 10.3. The van der Waals surface area contributed by atoms with Crippen molar-refractivity contribution < 1.29 is 24.3 Å². The lowest BCUT2D eigenvalue weighted by Gasteiger charge is -2.06. The molecule has 0 saturated carbocycles. The Hall–Kier alpha value is -4.67. The maximum atomic E-state index is 11.1. The molecule has 0 fully saturated rings. The number of benzene rings is 2. The highest BCUT2D eigenvalue weighted by molar-refractivity contribution is 5.77. The Bertz CT molecular complexity index is 1220. The molecule has 0 aliphatic rings. The summed E-state index contributed by atoms with van der Waals surface area (Å²) in [4.78, 5) is 27.5. The maximum Gasteiger partial charge on any atom is 0.283 e. The van der Waals surface area contributed by atoms with Crippen LogP contribution in [0.15, 0.2) is 72.9 Å². The van der Waals surface area contributed by atoms with E-state index in [1.807, 2.05) is 0 Å². The van der Waals surface area contributed by atoms with Crippen molar-refractivity contribution in [3.05, 3.63) is 103 Å². The minimum Gasteiger partial charge on any atom is -0.863 e. The molecule has 11 nitrogen and oxygen atoms in total. The SMILES string of the molecule is O=[N+]([O-])c1cc([N+](=O)[O-])c([O-])c([N+](=O)[O-])c1.c1ccc2c(c1)ccc1cccc[n+]12. The van der Waals surface area contributed by atoms with E-state index >= 15 is 0 Å². The number of fused-ring (bicyclic) bond motifs is 3. The second-order valence-electron chi connectivity index (χ2n) is 5.97. The van der Waals surface area contributed by atoms with Crippen LogP contribution in [0.5, 0.6) is 5.75 Å². The smallest absolute Gasteiger partial charge is 0.283 e. The van der Waals surface area contributed by atoms with Gasteiger partial charge in [-0.2, -0.15) is 4.40 Å². The number of pyridine rings is 2. The number of hydrogen-bond donors (Lipinski definition) is 0. The molecule has 4 rings (SSSR count). The second kappa shape index (κ2) is 8.14. The average molecular weight is 408 g/mol. The van der Waals surface area contributed by atoms with Crippen LogP contribution in [0.2, 0.25) is 0 Å². The summed E-state index contributed by atoms with van der Waals surface area (Å²) in [5.74, 6) is -1.46. The second-order valence-corrected chi connectivity index (χ2v) is 5.97. The molecule has 4 aromatic rings. The van der Waals surface area contributed by atoms with Crippen LogP contribution in [0, 0.1) is 30.3 Å². The highest BCUT2D eigenvalue weighted by atomic mass is 16.6. The fourth-order valence-electron chi connectivity index (χ4n) is 2.80. The summed E-state index contributed by atoms with van der Waals surface area (Å²) in [6.07, 6.45) is 2.09. The standard InChI is InChI=1S/C13H10N.C6H3N3O7/c1-2-7-13-11(5-1)8-9-12-6-3-4-10-14(12)13;10-6-4(8(13)14)1-3(7(11)12)2-5(6)9(15)16/h1-10H;1-2,10H/q+1;/p-1. The van der Waals surface area contributed by atoms with Crippen molar-refractivity contribution in [1.82, 2.24) is 0 Å². The van der Waals surface area contributed by atoms with E-state index in [0.29, 0.717) is 12.1 Å². The van der Waals surface area contributed by atoms with E-state index in [1.165, 1.54) is 16.4 Å². The first-order chi connectivity index (χ1) is 14.3. The lowest BCUT2D eigenvalue weighted by atomic mass is 10.2. The van der Waals surface area contributed by atoms with Gasteiger partial charge in [0.05, 0.1) is 32.7 Å². The fraction of sp³-hybridized carbons (Fsp3) is 0. The quantitative estimate of drug-likeness (QED) is 0.218. The van der Waals surface area contributed by atoms with Crippen LogP contribution in [-0.2, 0) is 0 Å². The summed E-state index contributed by atoms with van der Waals surface area (Å²) in [6.45, 7) is 0. The van der Waals surface area contributed by atoms with Crippen LogP contribution in [0.1, 0.15) is 0 Å². The van der Waals surface area contributed by atoms with Crippen molar-refractivity contribution in [3.8, 4) is 5.75 Å². The highest BCUT2D eigenvalue weighted by Crippen LogP contribution is 2.36. The predicted molar refractivity (Wildman–Crippen MR) is 103 cm³/mol. The number of para-hydroxylation sites is 1. The molecule has 0 radical (unpaired) electrons. The molecule has 30 heavy (non-hydrogen) atoms. The molecular weight excluding hydrogens is 396 g/mol. The van der Waals surface area contributed by atoms with Crippen LogP contribution < -0.4 is 9.51 Å². The zero-order valence-corrected chi connectivity index (χ0v) is 15.1. The Balaban J connectivity index is 0.000000171. The number of rotatable bonds is 3. The Labute approximate surface area is 167 Å². The molecule has 0 spiro atoms. The fourth-order valence-corrected chi connectivity index (χ4v) is 2.80. The summed E-state index contributed by atoms with van der Waals surface area (Å²) in [7, 11) is 0. The third-order valence-corrected chi connectivity index (χ3v) is 4.16. The maximum absolute atomic E-state index is 11.1. The lowest BCUT2D eigenvalue weighted by molar-refractivity contribution is -0.481. The van der Waals surface area contributed by atoms with Crippen LogP contribution in [0.3, 0.4) is 0 Å². The number of aromatic nitrogens is 1. The Morgan fingerprint density at radius 3 is 1.90 bits per heavy atom. The van der Waals surface area contributed by atoms with Gasteiger partial charge in [0.1, 0.15) is 0 Å². The molecule has 0 bridgehead atoms. The van der Waals surface area contributed by atoms with Gasteiger partial charge < -0.3 is 5.11 Å². The summed E-state index contributed by atoms with van der Waals surface area (Å²) in [5.41, 5.74) is -0.781. The number of hydrogen-bond acceptors (Lipinski definition) is 7. The molecule has 0 N–H and O–H groups in total. The van der Waals surface area contributed by atoms with E-state index in [0.717, 1.165) is 0 Å². The monoisotopic (exact) mass is 408 g/mol. The van der Waals surface area contributed by atoms with Crippen LogP contribution in [-0.4, -0.2) is 14.8 Å². The third kappa shape index (κ3) is 3.94. The van der Waals surface area contributed by atoms with Crippen LogP contribution in [0.25, 0.3) is 16.4 Å². The largest absolute Gasteiger partial charge is 0.863 e. The van der Waals surface area contributed by atoms with Gasteiger partial charge >= 0.3 is 0 Å². The molecule has 0 aliphatic carbocycles. The van der Waals surface area contributed by atoms with E-state index in [1.54, 1.807) is 0 Å². The molecule has 0 saturated heterocycles. The van der Waals surface area contributed by atoms with E-state index in [-0.39, 0.29) is 0 Å². The Morgan fingerprint density at radius 2 is 1.30 bits per heavy atom. The Kier molecular flexibility index (Phi) is 5.45. The van der Waals surface area contributed by atoms with Gasteiger partial charge in [0.2, 0.25) is 11.0 Å². The van der Waals surface area contributed by atoms with Gasteiger partial charge in [-0.1, -0.05) is 12.1 Å². The molecular formula is C19H12N4O7. The number of nitro groups is 3. The number of nitro benzene ring substituents is 3. The Morgan fingerprint density at radius 1 is 0.700 bits per heavy atom. The topological polar surface area (TPSA) is 157 Å². The van der Waals surface area contributed by atoms with Crippen molar-refractivity contribution in [3.63, 3.8) is 0 Å². The first-order valence-corrected chi connectivity index (χ1v) is 8.36. The van der Waals surface area contributed by atoms with Crippen LogP contribution in [0.4, 0.5) is 17.1 Å². The van der Waals surface area contributed by atoms with E-state index in [2.05, 4.69) is 65.2 Å². The first kappa shape index (κ1) is 20.1. The van der Waals surface area contributed by atoms with Gasteiger partial charge in [0.15, 0.2) is 6.20 Å². The lowest BCUT2D eigenvalue weighted by Crippen LogP contribution is -2.21. The predicted octanol–water partition coefficient (Wildman–Crippen LogP) is 3.06. The van der Waals surface area contributed by atoms with Crippen molar-refractivity contribution in [2.75, 3.05) is 0 Å². The molecule has 2 aromatic heterocycles. The van der Waals surface area contributed by atoms with Crippen LogP contribution >= 0.6 is 0 Å². The van der Waals surface area contributed by atoms with Crippen molar-refractivity contribution in [2.45, 2.75) is 0 Å². The molecule has 0 unspecified atom stereocenters. The minimum absolute atomic E-state index is 0.384. The zero-order chi connectivity index (χ0) is 21.8. The van der Waals surface area contributed by atoms with Gasteiger partial charge in [-0.05, 0) is 18.2 Å². The zero-order valence-electron chi connectivity index (χ0n) is 15.1. The summed E-state index contributed by atoms with van der Waals surface area (Å²) in [5, 5.41) is 43.4. The van der Waals surface area contributed by atoms with Gasteiger partial charge in [0, 0.05) is 29.7 Å². The molecule has 0 aliphatic heterocycles. The summed E-state index contributed by atoms with van der Waals surface area (Å²) >= 11 is 0. The molecule has 2 heterocycles. The van der Waals surface area contributed by atoms with Gasteiger partial charge in [0.25, 0.3) is 17.1 Å². The highest BCUT2D eigenvalue weighted by Gasteiger charge is 2.24. The van der Waals surface area contributed by atoms with Gasteiger partial charge in [-0.25, -0.2) is 0 Å².